The van der Waals surface area contributed by atoms with E-state index in [1.807, 2.05) is 12.1 Å². The molecule has 0 saturated carbocycles. The highest BCUT2D eigenvalue weighted by Crippen LogP contribution is 2.16. The van der Waals surface area contributed by atoms with E-state index in [9.17, 15) is 0 Å². The van der Waals surface area contributed by atoms with Crippen LogP contribution in [0.15, 0.2) is 48.5 Å². The average Bonchev–Trinajstić information content (AvgIpc) is 2.53. The maximum Gasteiger partial charge on any atom is 0.119 e. The first-order valence-corrected chi connectivity index (χ1v) is 8.05. The Hall–Kier alpha value is -2.16. The van der Waals surface area contributed by atoms with Crippen molar-refractivity contribution >= 4 is 11.4 Å². The average molecular weight is 298 g/mol. The lowest BCUT2D eigenvalue weighted by Crippen LogP contribution is -2.13. The Balaban J connectivity index is 1.68. The van der Waals surface area contributed by atoms with E-state index >= 15 is 0 Å². The Bertz CT molecular complexity index is 552. The minimum Gasteiger partial charge on any atom is -0.494 e. The SMILES string of the molecule is CCCCOc1ccc(NCCNc2cccc(C)c2)cc1. The molecule has 0 atom stereocenters. The quantitative estimate of drug-likeness (QED) is 0.658. The second-order valence-corrected chi connectivity index (χ2v) is 5.45. The number of anilines is 2. The zero-order valence-corrected chi connectivity index (χ0v) is 13.6. The van der Waals surface area contributed by atoms with Gasteiger partial charge in [-0.2, -0.15) is 0 Å². The van der Waals surface area contributed by atoms with Gasteiger partial charge in [0.1, 0.15) is 5.75 Å². The maximum atomic E-state index is 5.66. The summed E-state index contributed by atoms with van der Waals surface area (Å²) in [6, 6.07) is 16.6. The van der Waals surface area contributed by atoms with Gasteiger partial charge in [-0.1, -0.05) is 25.5 Å². The van der Waals surface area contributed by atoms with Crippen molar-refractivity contribution in [1.29, 1.82) is 0 Å². The number of ether oxygens (including phenoxy) is 1. The van der Waals surface area contributed by atoms with Crippen molar-refractivity contribution in [3.63, 3.8) is 0 Å². The molecule has 2 aromatic carbocycles. The summed E-state index contributed by atoms with van der Waals surface area (Å²) >= 11 is 0. The predicted octanol–water partition coefficient (Wildman–Crippen LogP) is 4.70. The molecule has 0 unspecified atom stereocenters. The molecule has 3 nitrogen and oxygen atoms in total. The molecule has 0 aliphatic rings. The minimum atomic E-state index is 0.795. The molecule has 0 saturated heterocycles. The number of hydrogen-bond acceptors (Lipinski definition) is 3. The first-order chi connectivity index (χ1) is 10.8. The zero-order valence-electron chi connectivity index (χ0n) is 13.6. The number of unbranched alkanes of at least 4 members (excludes halogenated alkanes) is 1. The van der Waals surface area contributed by atoms with Crippen LogP contribution >= 0.6 is 0 Å². The highest BCUT2D eigenvalue weighted by Gasteiger charge is 1.96. The van der Waals surface area contributed by atoms with Gasteiger partial charge in [-0.3, -0.25) is 0 Å². The van der Waals surface area contributed by atoms with Crippen LogP contribution < -0.4 is 15.4 Å². The highest BCUT2D eigenvalue weighted by atomic mass is 16.5. The van der Waals surface area contributed by atoms with Gasteiger partial charge < -0.3 is 15.4 Å². The van der Waals surface area contributed by atoms with Crippen LogP contribution in [-0.4, -0.2) is 19.7 Å². The topological polar surface area (TPSA) is 33.3 Å². The monoisotopic (exact) mass is 298 g/mol. The maximum absolute atomic E-state index is 5.66. The van der Waals surface area contributed by atoms with E-state index in [0.29, 0.717) is 0 Å². The molecule has 0 aliphatic carbocycles. The summed E-state index contributed by atoms with van der Waals surface area (Å²) < 4.78 is 5.66. The van der Waals surface area contributed by atoms with E-state index < -0.39 is 0 Å². The molecule has 2 aromatic rings. The standard InChI is InChI=1S/C19H26N2O/c1-3-4-14-22-19-10-8-17(9-11-19)20-12-13-21-18-7-5-6-16(2)15-18/h5-11,15,20-21H,3-4,12-14H2,1-2H3. The smallest absolute Gasteiger partial charge is 0.119 e. The van der Waals surface area contributed by atoms with Gasteiger partial charge in [0.25, 0.3) is 0 Å². The van der Waals surface area contributed by atoms with Crippen molar-refractivity contribution in [2.75, 3.05) is 30.3 Å². The molecule has 2 N–H and O–H groups in total. The fourth-order valence-corrected chi connectivity index (χ4v) is 2.17. The Kier molecular flexibility index (Phi) is 6.62. The summed E-state index contributed by atoms with van der Waals surface area (Å²) in [5, 5.41) is 6.82. The lowest BCUT2D eigenvalue weighted by molar-refractivity contribution is 0.309. The van der Waals surface area contributed by atoms with Crippen LogP contribution in [0.1, 0.15) is 25.3 Å². The largest absolute Gasteiger partial charge is 0.494 e. The molecular weight excluding hydrogens is 272 g/mol. The van der Waals surface area contributed by atoms with Crippen molar-refractivity contribution in [3.8, 4) is 5.75 Å². The molecule has 22 heavy (non-hydrogen) atoms. The number of benzene rings is 2. The molecule has 118 valence electrons. The van der Waals surface area contributed by atoms with Crippen LogP contribution in [0.2, 0.25) is 0 Å². The summed E-state index contributed by atoms with van der Waals surface area (Å²) in [6.45, 7) is 6.83. The lowest BCUT2D eigenvalue weighted by atomic mass is 10.2. The minimum absolute atomic E-state index is 0.795. The Morgan fingerprint density at radius 1 is 0.909 bits per heavy atom. The van der Waals surface area contributed by atoms with E-state index in [4.69, 9.17) is 4.74 Å². The molecule has 2 rings (SSSR count). The summed E-state index contributed by atoms with van der Waals surface area (Å²) in [4.78, 5) is 0. The van der Waals surface area contributed by atoms with Crippen molar-refractivity contribution in [2.45, 2.75) is 26.7 Å². The summed E-state index contributed by atoms with van der Waals surface area (Å²) in [5.74, 6) is 0.942. The van der Waals surface area contributed by atoms with Crippen molar-refractivity contribution in [2.24, 2.45) is 0 Å². The fourth-order valence-electron chi connectivity index (χ4n) is 2.17. The molecule has 0 radical (unpaired) electrons. The number of hydrogen-bond donors (Lipinski definition) is 2. The van der Waals surface area contributed by atoms with E-state index in [1.165, 1.54) is 11.3 Å². The summed E-state index contributed by atoms with van der Waals surface area (Å²) in [6.07, 6.45) is 2.26. The number of rotatable bonds is 9. The molecule has 0 aliphatic heterocycles. The molecular formula is C19H26N2O. The van der Waals surface area contributed by atoms with Crippen LogP contribution in [-0.2, 0) is 0 Å². The van der Waals surface area contributed by atoms with E-state index in [0.717, 1.165) is 44.0 Å². The third-order valence-corrected chi connectivity index (χ3v) is 3.42. The Labute approximate surface area is 133 Å². The lowest BCUT2D eigenvalue weighted by Gasteiger charge is -2.10. The van der Waals surface area contributed by atoms with Crippen LogP contribution in [0.25, 0.3) is 0 Å². The van der Waals surface area contributed by atoms with Gasteiger partial charge in [-0.25, -0.2) is 0 Å². The summed E-state index contributed by atoms with van der Waals surface area (Å²) in [7, 11) is 0. The van der Waals surface area contributed by atoms with E-state index in [1.54, 1.807) is 0 Å². The normalized spacial score (nSPS) is 10.3. The van der Waals surface area contributed by atoms with Gasteiger partial charge >= 0.3 is 0 Å². The molecule has 0 fully saturated rings. The van der Waals surface area contributed by atoms with Gasteiger partial charge in [-0.05, 0) is 55.3 Å². The molecule has 3 heteroatoms. The fraction of sp³-hybridized carbons (Fsp3) is 0.368. The van der Waals surface area contributed by atoms with E-state index in [2.05, 4.69) is 60.9 Å². The molecule has 0 spiro atoms. The number of nitrogens with one attached hydrogen (secondary N) is 2. The van der Waals surface area contributed by atoms with Crippen molar-refractivity contribution < 1.29 is 4.74 Å². The molecule has 0 bridgehead atoms. The first kappa shape index (κ1) is 16.2. The zero-order chi connectivity index (χ0) is 15.6. The van der Waals surface area contributed by atoms with Crippen molar-refractivity contribution in [3.05, 3.63) is 54.1 Å². The summed E-state index contributed by atoms with van der Waals surface area (Å²) in [5.41, 5.74) is 3.56. The third kappa shape index (κ3) is 5.68. The second kappa shape index (κ2) is 8.98. The Morgan fingerprint density at radius 2 is 1.64 bits per heavy atom. The predicted molar refractivity (Wildman–Crippen MR) is 95.0 cm³/mol. The Morgan fingerprint density at radius 3 is 2.32 bits per heavy atom. The van der Waals surface area contributed by atoms with Gasteiger partial charge in [0, 0.05) is 24.5 Å². The van der Waals surface area contributed by atoms with Gasteiger partial charge in [0.15, 0.2) is 0 Å². The molecule has 0 amide bonds. The molecule has 0 aromatic heterocycles. The van der Waals surface area contributed by atoms with E-state index in [-0.39, 0.29) is 0 Å². The third-order valence-electron chi connectivity index (χ3n) is 3.42. The highest BCUT2D eigenvalue weighted by molar-refractivity contribution is 5.48. The first-order valence-electron chi connectivity index (χ1n) is 8.05. The van der Waals surface area contributed by atoms with Gasteiger partial charge in [-0.15, -0.1) is 0 Å². The van der Waals surface area contributed by atoms with Gasteiger partial charge in [0.2, 0.25) is 0 Å². The van der Waals surface area contributed by atoms with Crippen LogP contribution in [0.3, 0.4) is 0 Å². The molecule has 0 heterocycles. The van der Waals surface area contributed by atoms with Crippen LogP contribution in [0.4, 0.5) is 11.4 Å². The van der Waals surface area contributed by atoms with Crippen LogP contribution in [0.5, 0.6) is 5.75 Å². The van der Waals surface area contributed by atoms with Crippen LogP contribution in [0, 0.1) is 6.92 Å². The van der Waals surface area contributed by atoms with Crippen molar-refractivity contribution in [1.82, 2.24) is 0 Å². The van der Waals surface area contributed by atoms with Gasteiger partial charge in [0.05, 0.1) is 6.61 Å². The second-order valence-electron chi connectivity index (χ2n) is 5.45. The number of aryl methyl sites for hydroxylation is 1.